The lowest BCUT2D eigenvalue weighted by Gasteiger charge is -2.19. The van der Waals surface area contributed by atoms with Gasteiger partial charge in [-0.05, 0) is 13.3 Å². The summed E-state index contributed by atoms with van der Waals surface area (Å²) in [6.07, 6.45) is 1.94. The maximum atomic E-state index is 4.64. The molecule has 108 valence electrons. The zero-order valence-corrected chi connectivity index (χ0v) is 13.3. The predicted octanol–water partition coefficient (Wildman–Crippen LogP) is 2.87. The van der Waals surface area contributed by atoms with Gasteiger partial charge in [-0.3, -0.25) is 0 Å². The number of hydrogen-bond donors (Lipinski definition) is 1. The molecule has 0 aliphatic heterocycles. The highest BCUT2D eigenvalue weighted by Gasteiger charge is 2.10. The standard InChI is InChI=1S/C14H21N5S/c1-5-6-12-17-13(15-3)7-14(18-12)19(4)8-11-10(2)16-9-20-11/h7,9H,5-6,8H2,1-4H3,(H,15,17,18). The molecule has 0 spiro atoms. The highest BCUT2D eigenvalue weighted by Crippen LogP contribution is 2.20. The third kappa shape index (κ3) is 3.45. The van der Waals surface area contributed by atoms with Crippen LogP contribution in [0.3, 0.4) is 0 Å². The van der Waals surface area contributed by atoms with Crippen molar-refractivity contribution in [2.75, 3.05) is 24.3 Å². The molecule has 2 rings (SSSR count). The summed E-state index contributed by atoms with van der Waals surface area (Å²) in [5.41, 5.74) is 2.98. The molecule has 0 aromatic carbocycles. The van der Waals surface area contributed by atoms with Gasteiger partial charge in [-0.25, -0.2) is 15.0 Å². The van der Waals surface area contributed by atoms with E-state index in [1.165, 1.54) is 4.88 Å². The molecule has 0 unspecified atom stereocenters. The highest BCUT2D eigenvalue weighted by atomic mass is 32.1. The summed E-state index contributed by atoms with van der Waals surface area (Å²) in [5, 5.41) is 3.10. The largest absolute Gasteiger partial charge is 0.373 e. The molecule has 0 saturated heterocycles. The van der Waals surface area contributed by atoms with Crippen LogP contribution in [0.2, 0.25) is 0 Å². The SMILES string of the molecule is CCCc1nc(NC)cc(N(C)Cc2scnc2C)n1. The van der Waals surface area contributed by atoms with Gasteiger partial charge in [-0.15, -0.1) is 11.3 Å². The van der Waals surface area contributed by atoms with Crippen LogP contribution in [-0.2, 0) is 13.0 Å². The average molecular weight is 291 g/mol. The first-order valence-electron chi connectivity index (χ1n) is 6.79. The minimum atomic E-state index is 0.822. The smallest absolute Gasteiger partial charge is 0.134 e. The van der Waals surface area contributed by atoms with Crippen molar-refractivity contribution >= 4 is 23.0 Å². The molecule has 0 radical (unpaired) electrons. The Labute approximate surface area is 124 Å². The van der Waals surface area contributed by atoms with Crippen LogP contribution in [0.1, 0.15) is 29.7 Å². The van der Waals surface area contributed by atoms with Crippen molar-refractivity contribution in [2.24, 2.45) is 0 Å². The van der Waals surface area contributed by atoms with Crippen LogP contribution in [0.25, 0.3) is 0 Å². The topological polar surface area (TPSA) is 53.9 Å². The first kappa shape index (κ1) is 14.7. The highest BCUT2D eigenvalue weighted by molar-refractivity contribution is 7.09. The number of hydrogen-bond acceptors (Lipinski definition) is 6. The minimum absolute atomic E-state index is 0.822. The number of nitrogens with one attached hydrogen (secondary N) is 1. The Morgan fingerprint density at radius 1 is 1.35 bits per heavy atom. The third-order valence-electron chi connectivity index (χ3n) is 3.11. The van der Waals surface area contributed by atoms with Crippen molar-refractivity contribution in [3.8, 4) is 0 Å². The second-order valence-electron chi connectivity index (χ2n) is 4.74. The second kappa shape index (κ2) is 6.65. The van der Waals surface area contributed by atoms with Gasteiger partial charge in [-0.2, -0.15) is 0 Å². The Kier molecular flexibility index (Phi) is 4.89. The number of rotatable bonds is 6. The fourth-order valence-electron chi connectivity index (χ4n) is 1.92. The third-order valence-corrected chi connectivity index (χ3v) is 4.03. The molecule has 2 aromatic heterocycles. The van der Waals surface area contributed by atoms with Gasteiger partial charge in [0.2, 0.25) is 0 Å². The molecule has 1 N–H and O–H groups in total. The van der Waals surface area contributed by atoms with Crippen LogP contribution < -0.4 is 10.2 Å². The predicted molar refractivity (Wildman–Crippen MR) is 84.5 cm³/mol. The molecule has 0 fully saturated rings. The maximum Gasteiger partial charge on any atom is 0.134 e. The van der Waals surface area contributed by atoms with Gasteiger partial charge in [0.15, 0.2) is 0 Å². The molecule has 0 saturated carbocycles. The molecule has 5 nitrogen and oxygen atoms in total. The number of nitrogens with zero attached hydrogens (tertiary/aromatic N) is 4. The first-order chi connectivity index (χ1) is 9.63. The Morgan fingerprint density at radius 3 is 2.75 bits per heavy atom. The number of thiazole rings is 1. The average Bonchev–Trinajstić information content (AvgIpc) is 2.84. The molecular weight excluding hydrogens is 270 g/mol. The molecule has 0 amide bonds. The fourth-order valence-corrected chi connectivity index (χ4v) is 2.75. The monoisotopic (exact) mass is 291 g/mol. The number of aryl methyl sites for hydroxylation is 2. The second-order valence-corrected chi connectivity index (χ2v) is 5.68. The molecule has 2 heterocycles. The van der Waals surface area contributed by atoms with E-state index in [1.807, 2.05) is 25.5 Å². The Morgan fingerprint density at radius 2 is 2.15 bits per heavy atom. The van der Waals surface area contributed by atoms with Crippen molar-refractivity contribution in [1.82, 2.24) is 15.0 Å². The van der Waals surface area contributed by atoms with Crippen LogP contribution in [0.5, 0.6) is 0 Å². The molecule has 2 aromatic rings. The zero-order valence-electron chi connectivity index (χ0n) is 12.5. The number of aromatic nitrogens is 3. The van der Waals surface area contributed by atoms with Crippen molar-refractivity contribution in [2.45, 2.75) is 33.2 Å². The summed E-state index contributed by atoms with van der Waals surface area (Å²) >= 11 is 1.69. The van der Waals surface area contributed by atoms with E-state index < -0.39 is 0 Å². The van der Waals surface area contributed by atoms with E-state index in [2.05, 4.69) is 39.1 Å². The Balaban J connectivity index is 2.22. The van der Waals surface area contributed by atoms with E-state index in [0.717, 1.165) is 42.5 Å². The quantitative estimate of drug-likeness (QED) is 0.887. The van der Waals surface area contributed by atoms with E-state index in [1.54, 1.807) is 11.3 Å². The van der Waals surface area contributed by atoms with E-state index >= 15 is 0 Å². The van der Waals surface area contributed by atoms with Gasteiger partial charge < -0.3 is 10.2 Å². The molecule has 0 aliphatic rings. The normalized spacial score (nSPS) is 10.6. The van der Waals surface area contributed by atoms with Crippen LogP contribution in [0, 0.1) is 6.92 Å². The fraction of sp³-hybridized carbons (Fsp3) is 0.500. The van der Waals surface area contributed by atoms with E-state index in [0.29, 0.717) is 0 Å². The summed E-state index contributed by atoms with van der Waals surface area (Å²) in [4.78, 5) is 16.8. The van der Waals surface area contributed by atoms with E-state index in [-0.39, 0.29) is 0 Å². The maximum absolute atomic E-state index is 4.64. The van der Waals surface area contributed by atoms with Gasteiger partial charge in [0.05, 0.1) is 17.7 Å². The Bertz CT molecular complexity index is 566. The van der Waals surface area contributed by atoms with Gasteiger partial charge in [0.25, 0.3) is 0 Å². The lowest BCUT2D eigenvalue weighted by molar-refractivity contribution is 0.814. The van der Waals surface area contributed by atoms with Crippen LogP contribution in [0.4, 0.5) is 11.6 Å². The van der Waals surface area contributed by atoms with E-state index in [9.17, 15) is 0 Å². The van der Waals surface area contributed by atoms with Crippen molar-refractivity contribution in [3.05, 3.63) is 28.0 Å². The lowest BCUT2D eigenvalue weighted by Crippen LogP contribution is -2.19. The van der Waals surface area contributed by atoms with Crippen LogP contribution >= 0.6 is 11.3 Å². The first-order valence-corrected chi connectivity index (χ1v) is 7.67. The Hall–Kier alpha value is -1.69. The van der Waals surface area contributed by atoms with Crippen molar-refractivity contribution in [3.63, 3.8) is 0 Å². The van der Waals surface area contributed by atoms with Gasteiger partial charge in [-0.1, -0.05) is 6.92 Å². The van der Waals surface area contributed by atoms with Gasteiger partial charge in [0, 0.05) is 31.5 Å². The van der Waals surface area contributed by atoms with Crippen LogP contribution in [0.15, 0.2) is 11.6 Å². The molecule has 0 aliphatic carbocycles. The van der Waals surface area contributed by atoms with Crippen molar-refractivity contribution in [1.29, 1.82) is 0 Å². The van der Waals surface area contributed by atoms with Gasteiger partial charge in [0.1, 0.15) is 17.5 Å². The van der Waals surface area contributed by atoms with Gasteiger partial charge >= 0.3 is 0 Å². The molecule has 6 heteroatoms. The summed E-state index contributed by atoms with van der Waals surface area (Å²) in [6, 6.07) is 1.98. The lowest BCUT2D eigenvalue weighted by atomic mass is 10.3. The zero-order chi connectivity index (χ0) is 14.5. The van der Waals surface area contributed by atoms with E-state index in [4.69, 9.17) is 0 Å². The summed E-state index contributed by atoms with van der Waals surface area (Å²) in [6.45, 7) is 5.00. The summed E-state index contributed by atoms with van der Waals surface area (Å²) in [5.74, 6) is 2.70. The molecule has 20 heavy (non-hydrogen) atoms. The minimum Gasteiger partial charge on any atom is -0.373 e. The molecular formula is C14H21N5S. The van der Waals surface area contributed by atoms with Crippen LogP contribution in [-0.4, -0.2) is 29.0 Å². The summed E-state index contributed by atoms with van der Waals surface area (Å²) in [7, 11) is 3.94. The summed E-state index contributed by atoms with van der Waals surface area (Å²) < 4.78 is 0. The number of anilines is 2. The molecule has 0 atom stereocenters. The van der Waals surface area contributed by atoms with Crippen molar-refractivity contribution < 1.29 is 0 Å². The molecule has 0 bridgehead atoms.